The quantitative estimate of drug-likeness (QED) is 0.908. The highest BCUT2D eigenvalue weighted by Crippen LogP contribution is 2.35. The summed E-state index contributed by atoms with van der Waals surface area (Å²) in [5.41, 5.74) is 2.59. The van der Waals surface area contributed by atoms with Crippen LogP contribution in [0, 0.1) is 11.3 Å². The normalized spacial score (nSPS) is 17.6. The molecule has 2 aliphatic rings. The highest BCUT2D eigenvalue weighted by Gasteiger charge is 2.33. The molecule has 1 saturated carbocycles. The lowest BCUT2D eigenvalue weighted by atomic mass is 9.94. The molecular weight excluding hydrogens is 264 g/mol. The summed E-state index contributed by atoms with van der Waals surface area (Å²) < 4.78 is 0. The summed E-state index contributed by atoms with van der Waals surface area (Å²) in [7, 11) is 0. The fourth-order valence-corrected chi connectivity index (χ4v) is 2.69. The molecule has 0 bridgehead atoms. The molecule has 0 saturated heterocycles. The van der Waals surface area contributed by atoms with Gasteiger partial charge in [0.15, 0.2) is 0 Å². The lowest BCUT2D eigenvalue weighted by Gasteiger charge is -2.26. The van der Waals surface area contributed by atoms with E-state index >= 15 is 0 Å². The number of carbonyl (C=O) groups excluding carboxylic acids is 2. The van der Waals surface area contributed by atoms with E-state index in [-0.39, 0.29) is 23.1 Å². The summed E-state index contributed by atoms with van der Waals surface area (Å²) >= 11 is 0. The van der Waals surface area contributed by atoms with Crippen molar-refractivity contribution in [2.24, 2.45) is 11.3 Å². The number of hydrogen-bond donors (Lipinski definition) is 1. The molecule has 112 valence electrons. The highest BCUT2D eigenvalue weighted by atomic mass is 16.2. The van der Waals surface area contributed by atoms with Crippen LogP contribution in [0.2, 0.25) is 0 Å². The van der Waals surface area contributed by atoms with Gasteiger partial charge in [-0.25, -0.2) is 0 Å². The zero-order chi connectivity index (χ0) is 15.2. The van der Waals surface area contributed by atoms with Crippen LogP contribution in [0.3, 0.4) is 0 Å². The van der Waals surface area contributed by atoms with Gasteiger partial charge in [0.1, 0.15) is 0 Å². The molecule has 1 fully saturated rings. The van der Waals surface area contributed by atoms with E-state index in [1.54, 1.807) is 0 Å². The maximum absolute atomic E-state index is 12.4. The SMILES string of the molecule is CC(C)(C)C(=O)N1CCc2cc(NC(=O)C3CC3)ccc21. The maximum Gasteiger partial charge on any atom is 0.232 e. The molecule has 1 aliphatic heterocycles. The van der Waals surface area contributed by atoms with Crippen LogP contribution in [0.15, 0.2) is 18.2 Å². The van der Waals surface area contributed by atoms with Gasteiger partial charge in [0, 0.05) is 29.3 Å². The fraction of sp³-hybridized carbons (Fsp3) is 0.529. The minimum absolute atomic E-state index is 0.121. The molecule has 1 aromatic carbocycles. The molecule has 1 aliphatic carbocycles. The summed E-state index contributed by atoms with van der Waals surface area (Å²) in [6, 6.07) is 5.85. The third kappa shape index (κ3) is 2.80. The van der Waals surface area contributed by atoms with Crippen molar-refractivity contribution in [1.29, 1.82) is 0 Å². The average molecular weight is 286 g/mol. The second-order valence-electron chi connectivity index (χ2n) is 7.06. The van der Waals surface area contributed by atoms with Crippen molar-refractivity contribution < 1.29 is 9.59 Å². The second-order valence-corrected chi connectivity index (χ2v) is 7.06. The number of amides is 2. The van der Waals surface area contributed by atoms with Crippen LogP contribution >= 0.6 is 0 Å². The maximum atomic E-state index is 12.4. The Morgan fingerprint density at radius 1 is 1.24 bits per heavy atom. The van der Waals surface area contributed by atoms with Gasteiger partial charge in [0.2, 0.25) is 11.8 Å². The Bertz CT molecular complexity index is 597. The smallest absolute Gasteiger partial charge is 0.232 e. The molecule has 0 atom stereocenters. The molecule has 4 heteroatoms. The van der Waals surface area contributed by atoms with Crippen LogP contribution in [-0.2, 0) is 16.0 Å². The van der Waals surface area contributed by atoms with Gasteiger partial charge in [-0.2, -0.15) is 0 Å². The van der Waals surface area contributed by atoms with Gasteiger partial charge in [-0.15, -0.1) is 0 Å². The predicted molar refractivity (Wildman–Crippen MR) is 83.3 cm³/mol. The Hall–Kier alpha value is -1.84. The van der Waals surface area contributed by atoms with Gasteiger partial charge in [-0.3, -0.25) is 9.59 Å². The second kappa shape index (κ2) is 4.86. The van der Waals surface area contributed by atoms with E-state index in [2.05, 4.69) is 5.32 Å². The first kappa shape index (κ1) is 14.1. The summed E-state index contributed by atoms with van der Waals surface area (Å²) in [5.74, 6) is 0.476. The molecular formula is C17H22N2O2. The van der Waals surface area contributed by atoms with Crippen LogP contribution < -0.4 is 10.2 Å². The van der Waals surface area contributed by atoms with Crippen molar-refractivity contribution in [1.82, 2.24) is 0 Å². The molecule has 2 amide bonds. The van der Waals surface area contributed by atoms with E-state index in [0.717, 1.165) is 42.7 Å². The molecule has 4 nitrogen and oxygen atoms in total. The number of rotatable bonds is 2. The monoisotopic (exact) mass is 286 g/mol. The average Bonchev–Trinajstić information content (AvgIpc) is 3.18. The van der Waals surface area contributed by atoms with Gasteiger partial charge in [0.05, 0.1) is 0 Å². The molecule has 1 heterocycles. The van der Waals surface area contributed by atoms with E-state index in [4.69, 9.17) is 0 Å². The standard InChI is InChI=1S/C17H22N2O2/c1-17(2,3)16(21)19-9-8-12-10-13(6-7-14(12)19)18-15(20)11-4-5-11/h6-7,10-11H,4-5,8-9H2,1-3H3,(H,18,20). The Morgan fingerprint density at radius 3 is 2.57 bits per heavy atom. The fourth-order valence-electron chi connectivity index (χ4n) is 2.69. The van der Waals surface area contributed by atoms with Gasteiger partial charge in [0.25, 0.3) is 0 Å². The van der Waals surface area contributed by atoms with Gasteiger partial charge >= 0.3 is 0 Å². The van der Waals surface area contributed by atoms with Crippen LogP contribution in [0.4, 0.5) is 11.4 Å². The highest BCUT2D eigenvalue weighted by molar-refractivity contribution is 5.99. The first-order valence-corrected chi connectivity index (χ1v) is 7.62. The molecule has 0 unspecified atom stereocenters. The van der Waals surface area contributed by atoms with Crippen molar-refractivity contribution in [2.45, 2.75) is 40.0 Å². The minimum Gasteiger partial charge on any atom is -0.326 e. The van der Waals surface area contributed by atoms with Gasteiger partial charge in [-0.05, 0) is 43.0 Å². The van der Waals surface area contributed by atoms with Crippen LogP contribution in [0.25, 0.3) is 0 Å². The van der Waals surface area contributed by atoms with E-state index in [1.165, 1.54) is 0 Å². The van der Waals surface area contributed by atoms with Crippen molar-refractivity contribution >= 4 is 23.2 Å². The molecule has 3 rings (SSSR count). The minimum atomic E-state index is -0.375. The number of nitrogens with one attached hydrogen (secondary N) is 1. The lowest BCUT2D eigenvalue weighted by Crippen LogP contribution is -2.38. The summed E-state index contributed by atoms with van der Waals surface area (Å²) in [6.07, 6.45) is 2.86. The van der Waals surface area contributed by atoms with Crippen LogP contribution in [0.1, 0.15) is 39.2 Å². The third-order valence-electron chi connectivity index (χ3n) is 4.08. The molecule has 1 aromatic rings. The first-order chi connectivity index (χ1) is 9.86. The Labute approximate surface area is 125 Å². The molecule has 0 spiro atoms. The molecule has 0 radical (unpaired) electrons. The summed E-state index contributed by atoms with van der Waals surface area (Å²) in [4.78, 5) is 26.1. The largest absolute Gasteiger partial charge is 0.326 e. The van der Waals surface area contributed by atoms with Crippen molar-refractivity contribution in [3.05, 3.63) is 23.8 Å². The van der Waals surface area contributed by atoms with E-state index in [9.17, 15) is 9.59 Å². The van der Waals surface area contributed by atoms with Crippen molar-refractivity contribution in [3.8, 4) is 0 Å². The summed E-state index contributed by atoms with van der Waals surface area (Å²) in [6.45, 7) is 6.55. The van der Waals surface area contributed by atoms with E-state index in [0.29, 0.717) is 0 Å². The van der Waals surface area contributed by atoms with Gasteiger partial charge < -0.3 is 10.2 Å². The zero-order valence-electron chi connectivity index (χ0n) is 12.9. The lowest BCUT2D eigenvalue weighted by molar-refractivity contribution is -0.125. The zero-order valence-corrected chi connectivity index (χ0v) is 12.9. The third-order valence-corrected chi connectivity index (χ3v) is 4.08. The van der Waals surface area contributed by atoms with E-state index in [1.807, 2.05) is 43.9 Å². The summed E-state index contributed by atoms with van der Waals surface area (Å²) in [5, 5.41) is 2.97. The van der Waals surface area contributed by atoms with Crippen molar-refractivity contribution in [2.75, 3.05) is 16.8 Å². The first-order valence-electron chi connectivity index (χ1n) is 7.62. The molecule has 21 heavy (non-hydrogen) atoms. The number of carbonyl (C=O) groups is 2. The topological polar surface area (TPSA) is 49.4 Å². The predicted octanol–water partition coefficient (Wildman–Crippen LogP) is 2.97. The molecule has 0 aromatic heterocycles. The Morgan fingerprint density at radius 2 is 1.95 bits per heavy atom. The van der Waals surface area contributed by atoms with Crippen LogP contribution in [-0.4, -0.2) is 18.4 Å². The van der Waals surface area contributed by atoms with E-state index < -0.39 is 0 Å². The number of fused-ring (bicyclic) bond motifs is 1. The van der Waals surface area contributed by atoms with Crippen molar-refractivity contribution in [3.63, 3.8) is 0 Å². The number of hydrogen-bond acceptors (Lipinski definition) is 2. The Balaban J connectivity index is 1.78. The number of benzene rings is 1. The van der Waals surface area contributed by atoms with Crippen LogP contribution in [0.5, 0.6) is 0 Å². The number of nitrogens with zero attached hydrogens (tertiary/aromatic N) is 1. The Kier molecular flexibility index (Phi) is 3.27. The molecule has 1 N–H and O–H groups in total. The number of anilines is 2. The van der Waals surface area contributed by atoms with Gasteiger partial charge in [-0.1, -0.05) is 20.8 Å².